The first kappa shape index (κ1) is 14.8. The van der Waals surface area contributed by atoms with E-state index in [0.717, 1.165) is 17.6 Å². The van der Waals surface area contributed by atoms with Gasteiger partial charge in [-0.15, -0.1) is 11.3 Å². The van der Waals surface area contributed by atoms with Gasteiger partial charge >= 0.3 is 0 Å². The van der Waals surface area contributed by atoms with Gasteiger partial charge in [0.1, 0.15) is 4.21 Å². The summed E-state index contributed by atoms with van der Waals surface area (Å²) in [5.74, 6) is 0. The zero-order valence-electron chi connectivity index (χ0n) is 10.4. The number of benzene rings is 1. The lowest BCUT2D eigenvalue weighted by atomic mass is 10.3. The van der Waals surface area contributed by atoms with Crippen LogP contribution in [0.3, 0.4) is 0 Å². The van der Waals surface area contributed by atoms with Crippen LogP contribution in [0.15, 0.2) is 44.8 Å². The lowest BCUT2D eigenvalue weighted by Crippen LogP contribution is -2.11. The molecule has 0 radical (unpaired) electrons. The molecule has 108 valence electrons. The lowest BCUT2D eigenvalue weighted by molar-refractivity contribution is 0.601. The second-order valence-electron chi connectivity index (χ2n) is 4.10. The average Bonchev–Trinajstić information content (AvgIpc) is 2.76. The third-order valence-corrected chi connectivity index (χ3v) is 6.36. The minimum absolute atomic E-state index is 0.0992. The van der Waals surface area contributed by atoms with Crippen molar-refractivity contribution in [1.29, 1.82) is 0 Å². The summed E-state index contributed by atoms with van der Waals surface area (Å²) >= 11 is 1.01. The number of sulfonamides is 1. The molecule has 0 aliphatic rings. The quantitative estimate of drug-likeness (QED) is 0.883. The van der Waals surface area contributed by atoms with Gasteiger partial charge < -0.3 is 5.73 Å². The van der Waals surface area contributed by atoms with Crippen molar-refractivity contribution >= 4 is 42.6 Å². The first-order valence-corrected chi connectivity index (χ1v) is 9.61. The number of nitrogens with one attached hydrogen (secondary N) is 1. The van der Waals surface area contributed by atoms with Crippen LogP contribution in [0.2, 0.25) is 0 Å². The normalized spacial score (nSPS) is 12.2. The Kier molecular flexibility index (Phi) is 3.76. The molecule has 0 saturated carbocycles. The van der Waals surface area contributed by atoms with Gasteiger partial charge in [0.05, 0.1) is 4.90 Å². The largest absolute Gasteiger partial charge is 0.398 e. The van der Waals surface area contributed by atoms with Crippen LogP contribution in [0.25, 0.3) is 0 Å². The number of anilines is 2. The first-order valence-electron chi connectivity index (χ1n) is 5.35. The van der Waals surface area contributed by atoms with Gasteiger partial charge in [-0.2, -0.15) is 0 Å². The smallest absolute Gasteiger partial charge is 0.271 e. The van der Waals surface area contributed by atoms with E-state index >= 15 is 0 Å². The van der Waals surface area contributed by atoms with Gasteiger partial charge in [0.15, 0.2) is 9.84 Å². The maximum absolute atomic E-state index is 12.0. The molecular weight excluding hydrogens is 320 g/mol. The fourth-order valence-electron chi connectivity index (χ4n) is 1.45. The van der Waals surface area contributed by atoms with Crippen LogP contribution in [0, 0.1) is 0 Å². The highest BCUT2D eigenvalue weighted by molar-refractivity contribution is 7.94. The van der Waals surface area contributed by atoms with Gasteiger partial charge in [-0.3, -0.25) is 4.72 Å². The highest BCUT2D eigenvalue weighted by Gasteiger charge is 2.16. The molecule has 20 heavy (non-hydrogen) atoms. The van der Waals surface area contributed by atoms with Crippen LogP contribution in [0.1, 0.15) is 0 Å². The lowest BCUT2D eigenvalue weighted by Gasteiger charge is -2.06. The summed E-state index contributed by atoms with van der Waals surface area (Å²) in [7, 11) is -7.01. The van der Waals surface area contributed by atoms with Crippen LogP contribution in [-0.4, -0.2) is 23.1 Å². The monoisotopic (exact) mass is 332 g/mol. The van der Waals surface area contributed by atoms with Gasteiger partial charge in [0.25, 0.3) is 10.0 Å². The average molecular weight is 332 g/mol. The summed E-state index contributed by atoms with van der Waals surface area (Å²) in [6.07, 6.45) is 1.08. The molecule has 0 atom stereocenters. The predicted octanol–water partition coefficient (Wildman–Crippen LogP) is 1.53. The van der Waals surface area contributed by atoms with E-state index in [1.807, 2.05) is 0 Å². The molecule has 2 aromatic rings. The molecular formula is C11H12N2O4S3. The second-order valence-corrected chi connectivity index (χ2v) is 8.94. The Morgan fingerprint density at radius 1 is 1.10 bits per heavy atom. The van der Waals surface area contributed by atoms with Crippen LogP contribution in [-0.2, 0) is 19.9 Å². The molecule has 3 N–H and O–H groups in total. The second kappa shape index (κ2) is 5.08. The first-order chi connectivity index (χ1) is 9.18. The molecule has 0 unspecified atom stereocenters. The van der Waals surface area contributed by atoms with Crippen LogP contribution in [0.4, 0.5) is 11.4 Å². The molecule has 6 nitrogen and oxygen atoms in total. The molecule has 9 heteroatoms. The van der Waals surface area contributed by atoms with Crippen molar-refractivity contribution in [3.05, 3.63) is 35.7 Å². The molecule has 0 aliphatic carbocycles. The van der Waals surface area contributed by atoms with E-state index in [1.54, 1.807) is 0 Å². The SMILES string of the molecule is CS(=O)(=O)c1ccc(NS(=O)(=O)c2cc(N)cs2)cc1. The number of hydrogen-bond acceptors (Lipinski definition) is 6. The van der Waals surface area contributed by atoms with Crippen molar-refractivity contribution in [1.82, 2.24) is 0 Å². The van der Waals surface area contributed by atoms with Gasteiger partial charge in [-0.1, -0.05) is 0 Å². The number of thiophene rings is 1. The molecule has 2 rings (SSSR count). The molecule has 0 bridgehead atoms. The van der Waals surface area contributed by atoms with Crippen molar-refractivity contribution in [2.75, 3.05) is 16.7 Å². The summed E-state index contributed by atoms with van der Waals surface area (Å²) in [6.45, 7) is 0. The number of rotatable bonds is 4. The van der Waals surface area contributed by atoms with Gasteiger partial charge in [-0.25, -0.2) is 16.8 Å². The van der Waals surface area contributed by atoms with Crippen molar-refractivity contribution in [3.8, 4) is 0 Å². The molecule has 0 amide bonds. The Morgan fingerprint density at radius 2 is 1.70 bits per heavy atom. The zero-order chi connectivity index (χ0) is 15.0. The Hall–Kier alpha value is -1.58. The van der Waals surface area contributed by atoms with E-state index < -0.39 is 19.9 Å². The number of sulfone groups is 1. The van der Waals surface area contributed by atoms with E-state index in [-0.39, 0.29) is 14.8 Å². The number of hydrogen-bond donors (Lipinski definition) is 2. The minimum Gasteiger partial charge on any atom is -0.398 e. The van der Waals surface area contributed by atoms with Crippen LogP contribution >= 0.6 is 11.3 Å². The molecule has 0 saturated heterocycles. The number of nitrogens with two attached hydrogens (primary N) is 1. The summed E-state index contributed by atoms with van der Waals surface area (Å²) < 4.78 is 49.1. The summed E-state index contributed by atoms with van der Waals surface area (Å²) in [4.78, 5) is 0.126. The van der Waals surface area contributed by atoms with Crippen LogP contribution < -0.4 is 10.5 Å². The maximum Gasteiger partial charge on any atom is 0.271 e. The van der Waals surface area contributed by atoms with E-state index in [1.165, 1.54) is 35.7 Å². The summed E-state index contributed by atoms with van der Waals surface area (Å²) in [6, 6.07) is 6.83. The van der Waals surface area contributed by atoms with E-state index in [2.05, 4.69) is 4.72 Å². The third kappa shape index (κ3) is 3.30. The Bertz CT molecular complexity index is 821. The Labute approximate surface area is 121 Å². The highest BCUT2D eigenvalue weighted by atomic mass is 32.2. The van der Waals surface area contributed by atoms with E-state index in [4.69, 9.17) is 5.73 Å². The van der Waals surface area contributed by atoms with Gasteiger partial charge in [0.2, 0.25) is 0 Å². The standard InChI is InChI=1S/C11H12N2O4S3/c1-19(14,15)10-4-2-9(3-5-10)13-20(16,17)11-6-8(12)7-18-11/h2-7,13H,12H2,1H3. The molecule has 0 spiro atoms. The van der Waals surface area contributed by atoms with Crippen molar-refractivity contribution in [3.63, 3.8) is 0 Å². The zero-order valence-corrected chi connectivity index (χ0v) is 12.8. The van der Waals surface area contributed by atoms with E-state index in [0.29, 0.717) is 5.69 Å². The van der Waals surface area contributed by atoms with Crippen LogP contribution in [0.5, 0.6) is 0 Å². The topological polar surface area (TPSA) is 106 Å². The third-order valence-electron chi connectivity index (χ3n) is 2.40. The molecule has 1 aromatic heterocycles. The molecule has 0 fully saturated rings. The van der Waals surface area contributed by atoms with Gasteiger partial charge in [0, 0.05) is 23.0 Å². The highest BCUT2D eigenvalue weighted by Crippen LogP contribution is 2.24. The number of nitrogen functional groups attached to an aromatic ring is 1. The van der Waals surface area contributed by atoms with Crippen molar-refractivity contribution < 1.29 is 16.8 Å². The van der Waals surface area contributed by atoms with E-state index in [9.17, 15) is 16.8 Å². The van der Waals surface area contributed by atoms with Gasteiger partial charge in [-0.05, 0) is 30.3 Å². The van der Waals surface area contributed by atoms with Crippen molar-refractivity contribution in [2.45, 2.75) is 9.10 Å². The molecule has 0 aliphatic heterocycles. The Morgan fingerprint density at radius 3 is 2.15 bits per heavy atom. The predicted molar refractivity (Wildman–Crippen MR) is 79.1 cm³/mol. The van der Waals surface area contributed by atoms with Crippen molar-refractivity contribution in [2.24, 2.45) is 0 Å². The molecule has 1 heterocycles. The fraction of sp³-hybridized carbons (Fsp3) is 0.0909. The minimum atomic E-state index is -3.70. The summed E-state index contributed by atoms with van der Waals surface area (Å²) in [5.41, 5.74) is 6.15. The summed E-state index contributed by atoms with van der Waals surface area (Å²) in [5, 5.41) is 1.53. The Balaban J connectivity index is 2.26. The fourth-order valence-corrected chi connectivity index (χ4v) is 4.22. The maximum atomic E-state index is 12.0. The molecule has 1 aromatic carbocycles.